The van der Waals surface area contributed by atoms with Gasteiger partial charge in [0, 0.05) is 23.4 Å². The molecule has 0 saturated heterocycles. The minimum Gasteiger partial charge on any atom is -0.389 e. The summed E-state index contributed by atoms with van der Waals surface area (Å²) in [5.74, 6) is 0. The van der Waals surface area contributed by atoms with Crippen molar-refractivity contribution in [1.82, 2.24) is 5.32 Å². The van der Waals surface area contributed by atoms with Gasteiger partial charge in [-0.3, -0.25) is 0 Å². The Balaban J connectivity index is 1.82. The van der Waals surface area contributed by atoms with Crippen LogP contribution in [-0.4, -0.2) is 23.8 Å². The molecule has 2 nitrogen and oxygen atoms in total. The molecule has 1 saturated carbocycles. The van der Waals surface area contributed by atoms with Gasteiger partial charge in [0.1, 0.15) is 0 Å². The van der Waals surface area contributed by atoms with Crippen LogP contribution in [0.15, 0.2) is 17.5 Å². The maximum atomic E-state index is 10.3. The smallest absolute Gasteiger partial charge is 0.0771 e. The van der Waals surface area contributed by atoms with Crippen molar-refractivity contribution in [2.24, 2.45) is 0 Å². The molecule has 1 fully saturated rings. The first-order valence-electron chi connectivity index (χ1n) is 6.49. The summed E-state index contributed by atoms with van der Waals surface area (Å²) in [7, 11) is 0. The number of hydrogen-bond acceptors (Lipinski definition) is 3. The van der Waals surface area contributed by atoms with Crippen LogP contribution in [0.1, 0.15) is 44.4 Å². The van der Waals surface area contributed by atoms with Crippen molar-refractivity contribution in [3.8, 4) is 0 Å². The molecule has 96 valence electrons. The molecule has 1 aliphatic carbocycles. The largest absolute Gasteiger partial charge is 0.389 e. The first-order valence-corrected chi connectivity index (χ1v) is 7.37. The van der Waals surface area contributed by atoms with Gasteiger partial charge in [0.2, 0.25) is 0 Å². The van der Waals surface area contributed by atoms with Gasteiger partial charge in [-0.25, -0.2) is 0 Å². The standard InChI is InChI=1S/C14H23NOS/c1-13(2,12-6-5-9-17-12)10-15-11-14(16)7-3-4-8-14/h5-6,9,15-16H,3-4,7-8,10-11H2,1-2H3. The van der Waals surface area contributed by atoms with E-state index in [2.05, 4.69) is 36.7 Å². The molecule has 1 aromatic heterocycles. The van der Waals surface area contributed by atoms with Gasteiger partial charge in [0.15, 0.2) is 0 Å². The fraction of sp³-hybridized carbons (Fsp3) is 0.714. The second kappa shape index (κ2) is 5.09. The maximum Gasteiger partial charge on any atom is 0.0771 e. The third-order valence-electron chi connectivity index (χ3n) is 3.74. The molecule has 0 aliphatic heterocycles. The number of rotatable bonds is 5. The second-order valence-electron chi connectivity index (χ2n) is 5.90. The highest BCUT2D eigenvalue weighted by Crippen LogP contribution is 2.30. The number of hydrogen-bond donors (Lipinski definition) is 2. The summed E-state index contributed by atoms with van der Waals surface area (Å²) < 4.78 is 0. The zero-order valence-electron chi connectivity index (χ0n) is 10.8. The average molecular weight is 253 g/mol. The zero-order valence-corrected chi connectivity index (χ0v) is 11.6. The highest BCUT2D eigenvalue weighted by atomic mass is 32.1. The van der Waals surface area contributed by atoms with Crippen molar-refractivity contribution in [3.63, 3.8) is 0 Å². The van der Waals surface area contributed by atoms with Gasteiger partial charge in [-0.15, -0.1) is 11.3 Å². The summed E-state index contributed by atoms with van der Waals surface area (Å²) >= 11 is 1.81. The van der Waals surface area contributed by atoms with Crippen LogP contribution in [0.25, 0.3) is 0 Å². The predicted octanol–water partition coefficient (Wildman–Crippen LogP) is 2.92. The Morgan fingerprint density at radius 3 is 2.71 bits per heavy atom. The summed E-state index contributed by atoms with van der Waals surface area (Å²) in [6.07, 6.45) is 4.26. The first-order chi connectivity index (χ1) is 8.02. The van der Waals surface area contributed by atoms with Gasteiger partial charge in [0.25, 0.3) is 0 Å². The van der Waals surface area contributed by atoms with Crippen LogP contribution in [-0.2, 0) is 5.41 Å². The molecule has 0 aromatic carbocycles. The molecule has 0 unspecified atom stereocenters. The van der Waals surface area contributed by atoms with Crippen molar-refractivity contribution in [2.75, 3.05) is 13.1 Å². The van der Waals surface area contributed by atoms with Crippen LogP contribution in [0.4, 0.5) is 0 Å². The number of aliphatic hydroxyl groups is 1. The first kappa shape index (κ1) is 13.1. The second-order valence-corrected chi connectivity index (χ2v) is 6.84. The highest BCUT2D eigenvalue weighted by Gasteiger charge is 2.31. The third kappa shape index (κ3) is 3.30. The van der Waals surface area contributed by atoms with Crippen LogP contribution in [0.5, 0.6) is 0 Å². The molecule has 1 heterocycles. The van der Waals surface area contributed by atoms with E-state index >= 15 is 0 Å². The molecule has 17 heavy (non-hydrogen) atoms. The molecular formula is C14H23NOS. The Hall–Kier alpha value is -0.380. The van der Waals surface area contributed by atoms with E-state index in [1.165, 1.54) is 17.7 Å². The Morgan fingerprint density at radius 1 is 1.41 bits per heavy atom. The van der Waals surface area contributed by atoms with Crippen LogP contribution >= 0.6 is 11.3 Å². The van der Waals surface area contributed by atoms with Gasteiger partial charge in [-0.2, -0.15) is 0 Å². The van der Waals surface area contributed by atoms with Crippen molar-refractivity contribution in [1.29, 1.82) is 0 Å². The molecule has 3 heteroatoms. The normalized spacial score (nSPS) is 19.7. The zero-order chi connectivity index (χ0) is 12.4. The fourth-order valence-corrected chi connectivity index (χ4v) is 3.42. The van der Waals surface area contributed by atoms with E-state index in [9.17, 15) is 5.11 Å². The lowest BCUT2D eigenvalue weighted by Gasteiger charge is -2.28. The summed E-state index contributed by atoms with van der Waals surface area (Å²) in [6.45, 7) is 6.17. The quantitative estimate of drug-likeness (QED) is 0.845. The van der Waals surface area contributed by atoms with Crippen LogP contribution in [0, 0.1) is 0 Å². The molecule has 0 atom stereocenters. The molecule has 2 N–H and O–H groups in total. The SMILES string of the molecule is CC(C)(CNCC1(O)CCCC1)c1cccs1. The number of nitrogens with one attached hydrogen (secondary N) is 1. The van der Waals surface area contributed by atoms with E-state index < -0.39 is 5.60 Å². The fourth-order valence-electron chi connectivity index (χ4n) is 2.57. The van der Waals surface area contributed by atoms with Crippen molar-refractivity contribution >= 4 is 11.3 Å². The van der Waals surface area contributed by atoms with E-state index in [4.69, 9.17) is 0 Å². The Kier molecular flexibility index (Phi) is 3.91. The van der Waals surface area contributed by atoms with Gasteiger partial charge in [-0.05, 0) is 24.3 Å². The minimum absolute atomic E-state index is 0.156. The molecule has 0 bridgehead atoms. The Bertz CT molecular complexity index is 339. The van der Waals surface area contributed by atoms with Gasteiger partial charge in [0.05, 0.1) is 5.60 Å². The van der Waals surface area contributed by atoms with Gasteiger partial charge < -0.3 is 10.4 Å². The lowest BCUT2D eigenvalue weighted by Crippen LogP contribution is -2.42. The summed E-state index contributed by atoms with van der Waals surface area (Å²) in [5.41, 5.74) is -0.283. The van der Waals surface area contributed by atoms with E-state index in [-0.39, 0.29) is 5.41 Å². The van der Waals surface area contributed by atoms with Crippen LogP contribution < -0.4 is 5.32 Å². The lowest BCUT2D eigenvalue weighted by atomic mass is 9.91. The molecule has 1 aromatic rings. The topological polar surface area (TPSA) is 32.3 Å². The summed E-state index contributed by atoms with van der Waals surface area (Å²) in [4.78, 5) is 1.41. The highest BCUT2D eigenvalue weighted by molar-refractivity contribution is 7.10. The average Bonchev–Trinajstić information content (AvgIpc) is 2.88. The van der Waals surface area contributed by atoms with E-state index in [0.29, 0.717) is 0 Å². The van der Waals surface area contributed by atoms with Crippen molar-refractivity contribution in [2.45, 2.75) is 50.5 Å². The van der Waals surface area contributed by atoms with Crippen LogP contribution in [0.2, 0.25) is 0 Å². The van der Waals surface area contributed by atoms with Crippen molar-refractivity contribution in [3.05, 3.63) is 22.4 Å². The maximum absolute atomic E-state index is 10.3. The minimum atomic E-state index is -0.439. The summed E-state index contributed by atoms with van der Waals surface area (Å²) in [5, 5.41) is 15.8. The predicted molar refractivity (Wildman–Crippen MR) is 73.6 cm³/mol. The van der Waals surface area contributed by atoms with E-state index in [1.807, 2.05) is 11.3 Å². The van der Waals surface area contributed by atoms with E-state index in [1.54, 1.807) is 0 Å². The van der Waals surface area contributed by atoms with Gasteiger partial charge in [-0.1, -0.05) is 32.8 Å². The number of thiophene rings is 1. The lowest BCUT2D eigenvalue weighted by molar-refractivity contribution is 0.0468. The van der Waals surface area contributed by atoms with E-state index in [0.717, 1.165) is 25.9 Å². The molecule has 0 spiro atoms. The van der Waals surface area contributed by atoms with Gasteiger partial charge >= 0.3 is 0 Å². The van der Waals surface area contributed by atoms with Crippen LogP contribution in [0.3, 0.4) is 0 Å². The molecule has 0 amide bonds. The summed E-state index contributed by atoms with van der Waals surface area (Å²) in [6, 6.07) is 4.29. The molecular weight excluding hydrogens is 230 g/mol. The Labute approximate surface area is 108 Å². The third-order valence-corrected chi connectivity index (χ3v) is 4.98. The molecule has 1 aliphatic rings. The molecule has 0 radical (unpaired) electrons. The molecule has 2 rings (SSSR count). The Morgan fingerprint density at radius 2 is 2.12 bits per heavy atom. The monoisotopic (exact) mass is 253 g/mol. The van der Waals surface area contributed by atoms with Crippen molar-refractivity contribution < 1.29 is 5.11 Å².